The van der Waals surface area contributed by atoms with Gasteiger partial charge in [-0.05, 0) is 27.2 Å². The Morgan fingerprint density at radius 2 is 1.69 bits per heavy atom. The van der Waals surface area contributed by atoms with E-state index in [0.29, 0.717) is 6.61 Å². The molecule has 0 amide bonds. The van der Waals surface area contributed by atoms with Crippen LogP contribution in [0.2, 0.25) is 0 Å². The number of aliphatic hydroxyl groups excluding tert-OH is 1. The molecular formula is C9H20O4. The molecule has 0 spiro atoms. The van der Waals surface area contributed by atoms with Gasteiger partial charge in [0.2, 0.25) is 0 Å². The van der Waals surface area contributed by atoms with Crippen LogP contribution in [0.15, 0.2) is 0 Å². The zero-order valence-corrected chi connectivity index (χ0v) is 8.82. The molecule has 4 nitrogen and oxygen atoms in total. The molecular weight excluding hydrogens is 172 g/mol. The van der Waals surface area contributed by atoms with E-state index >= 15 is 0 Å². The molecule has 0 fully saturated rings. The number of hydrogen-bond donors (Lipinski definition) is 1. The van der Waals surface area contributed by atoms with Crippen LogP contribution in [0, 0.1) is 0 Å². The van der Waals surface area contributed by atoms with Crippen molar-refractivity contribution in [2.75, 3.05) is 6.61 Å². The minimum absolute atomic E-state index is 0.298. The predicted molar refractivity (Wildman–Crippen MR) is 49.0 cm³/mol. The quantitative estimate of drug-likeness (QED) is 0.621. The maximum Gasteiger partial charge on any atom is 0.161 e. The Morgan fingerprint density at radius 3 is 2.15 bits per heavy atom. The second kappa shape index (κ2) is 7.26. The topological polar surface area (TPSA) is 47.9 Å². The molecule has 80 valence electrons. The van der Waals surface area contributed by atoms with E-state index < -0.39 is 12.6 Å². The molecule has 13 heavy (non-hydrogen) atoms. The van der Waals surface area contributed by atoms with Gasteiger partial charge in [-0.2, -0.15) is 0 Å². The molecule has 0 aromatic rings. The van der Waals surface area contributed by atoms with Crippen molar-refractivity contribution in [1.82, 2.24) is 0 Å². The van der Waals surface area contributed by atoms with Crippen LogP contribution in [-0.2, 0) is 14.2 Å². The lowest BCUT2D eigenvalue weighted by atomic mass is 10.5. The van der Waals surface area contributed by atoms with Gasteiger partial charge < -0.3 is 19.3 Å². The molecule has 0 heterocycles. The van der Waals surface area contributed by atoms with E-state index in [2.05, 4.69) is 0 Å². The Balaban J connectivity index is 3.46. The SMILES string of the molecule is CCCOC(C)OC(C)OC(C)O. The van der Waals surface area contributed by atoms with E-state index in [4.69, 9.17) is 19.3 Å². The fraction of sp³-hybridized carbons (Fsp3) is 1.00. The number of rotatable bonds is 7. The summed E-state index contributed by atoms with van der Waals surface area (Å²) in [7, 11) is 0. The van der Waals surface area contributed by atoms with Gasteiger partial charge in [0.15, 0.2) is 18.9 Å². The first-order valence-corrected chi connectivity index (χ1v) is 4.66. The lowest BCUT2D eigenvalue weighted by Gasteiger charge is -2.20. The summed E-state index contributed by atoms with van der Waals surface area (Å²) in [5.41, 5.74) is 0. The van der Waals surface area contributed by atoms with E-state index in [0.717, 1.165) is 6.42 Å². The fourth-order valence-electron chi connectivity index (χ4n) is 0.902. The minimum Gasteiger partial charge on any atom is -0.368 e. The van der Waals surface area contributed by atoms with Crippen molar-refractivity contribution < 1.29 is 19.3 Å². The summed E-state index contributed by atoms with van der Waals surface area (Å²) in [6, 6.07) is 0. The van der Waals surface area contributed by atoms with Gasteiger partial charge in [-0.25, -0.2) is 0 Å². The largest absolute Gasteiger partial charge is 0.368 e. The molecule has 0 saturated heterocycles. The molecule has 3 atom stereocenters. The Labute approximate surface area is 79.8 Å². The maximum absolute atomic E-state index is 8.87. The molecule has 0 rings (SSSR count). The van der Waals surface area contributed by atoms with Crippen LogP contribution in [0.25, 0.3) is 0 Å². The molecule has 0 aliphatic rings. The van der Waals surface area contributed by atoms with Gasteiger partial charge in [-0.1, -0.05) is 6.92 Å². The van der Waals surface area contributed by atoms with Crippen molar-refractivity contribution in [3.8, 4) is 0 Å². The summed E-state index contributed by atoms with van der Waals surface area (Å²) in [4.78, 5) is 0. The van der Waals surface area contributed by atoms with Gasteiger partial charge in [0.25, 0.3) is 0 Å². The van der Waals surface area contributed by atoms with Crippen LogP contribution in [0.1, 0.15) is 34.1 Å². The van der Waals surface area contributed by atoms with Crippen LogP contribution in [0.5, 0.6) is 0 Å². The van der Waals surface area contributed by atoms with Crippen LogP contribution in [0.4, 0.5) is 0 Å². The smallest absolute Gasteiger partial charge is 0.161 e. The van der Waals surface area contributed by atoms with E-state index in [9.17, 15) is 0 Å². The maximum atomic E-state index is 8.87. The standard InChI is InChI=1S/C9H20O4/c1-5-6-11-8(3)13-9(4)12-7(2)10/h7-10H,5-6H2,1-4H3. The lowest BCUT2D eigenvalue weighted by molar-refractivity contribution is -0.270. The van der Waals surface area contributed by atoms with Gasteiger partial charge in [0, 0.05) is 6.61 Å². The van der Waals surface area contributed by atoms with Gasteiger partial charge in [0.1, 0.15) is 0 Å². The lowest BCUT2D eigenvalue weighted by Crippen LogP contribution is -2.25. The first-order chi connectivity index (χ1) is 6.06. The van der Waals surface area contributed by atoms with Gasteiger partial charge in [-0.15, -0.1) is 0 Å². The van der Waals surface area contributed by atoms with Crippen molar-refractivity contribution in [3.05, 3.63) is 0 Å². The van der Waals surface area contributed by atoms with Crippen molar-refractivity contribution in [2.24, 2.45) is 0 Å². The number of ether oxygens (including phenoxy) is 3. The zero-order chi connectivity index (χ0) is 10.3. The molecule has 0 radical (unpaired) electrons. The molecule has 0 aromatic carbocycles. The Hall–Kier alpha value is -0.160. The van der Waals surface area contributed by atoms with Gasteiger partial charge in [0.05, 0.1) is 0 Å². The Morgan fingerprint density at radius 1 is 1.08 bits per heavy atom. The zero-order valence-electron chi connectivity index (χ0n) is 8.82. The molecule has 0 saturated carbocycles. The first kappa shape index (κ1) is 12.8. The molecule has 0 aliphatic carbocycles. The highest BCUT2D eigenvalue weighted by Crippen LogP contribution is 2.03. The van der Waals surface area contributed by atoms with Crippen LogP contribution in [-0.4, -0.2) is 30.6 Å². The van der Waals surface area contributed by atoms with Crippen molar-refractivity contribution in [2.45, 2.75) is 53.0 Å². The highest BCUT2D eigenvalue weighted by Gasteiger charge is 2.10. The van der Waals surface area contributed by atoms with E-state index in [1.807, 2.05) is 6.92 Å². The van der Waals surface area contributed by atoms with Crippen molar-refractivity contribution >= 4 is 0 Å². The fourth-order valence-corrected chi connectivity index (χ4v) is 0.902. The monoisotopic (exact) mass is 192 g/mol. The average molecular weight is 192 g/mol. The van der Waals surface area contributed by atoms with E-state index in [1.165, 1.54) is 6.92 Å². The van der Waals surface area contributed by atoms with Gasteiger partial charge in [-0.3, -0.25) is 0 Å². The summed E-state index contributed by atoms with van der Waals surface area (Å²) >= 11 is 0. The highest BCUT2D eigenvalue weighted by atomic mass is 16.8. The summed E-state index contributed by atoms with van der Waals surface area (Å²) in [6.45, 7) is 7.76. The summed E-state index contributed by atoms with van der Waals surface area (Å²) in [5, 5.41) is 8.87. The van der Waals surface area contributed by atoms with E-state index in [-0.39, 0.29) is 6.29 Å². The first-order valence-electron chi connectivity index (χ1n) is 4.66. The molecule has 3 unspecified atom stereocenters. The third-order valence-corrected chi connectivity index (χ3v) is 1.33. The summed E-state index contributed by atoms with van der Waals surface area (Å²) in [5.74, 6) is 0. The average Bonchev–Trinajstić information content (AvgIpc) is 1.98. The minimum atomic E-state index is -0.812. The van der Waals surface area contributed by atoms with Crippen LogP contribution < -0.4 is 0 Å². The predicted octanol–water partition coefficient (Wildman–Crippen LogP) is 1.48. The van der Waals surface area contributed by atoms with Crippen molar-refractivity contribution in [3.63, 3.8) is 0 Å². The third-order valence-electron chi connectivity index (χ3n) is 1.33. The Bertz CT molecular complexity index is 116. The van der Waals surface area contributed by atoms with Crippen LogP contribution in [0.3, 0.4) is 0 Å². The van der Waals surface area contributed by atoms with Crippen molar-refractivity contribution in [1.29, 1.82) is 0 Å². The van der Waals surface area contributed by atoms with Gasteiger partial charge >= 0.3 is 0 Å². The molecule has 1 N–H and O–H groups in total. The van der Waals surface area contributed by atoms with E-state index in [1.54, 1.807) is 13.8 Å². The Kier molecular flexibility index (Phi) is 7.17. The van der Waals surface area contributed by atoms with Crippen LogP contribution >= 0.6 is 0 Å². The number of aliphatic hydroxyl groups is 1. The normalized spacial score (nSPS) is 18.2. The third kappa shape index (κ3) is 8.18. The highest BCUT2D eigenvalue weighted by molar-refractivity contribution is 4.37. The number of hydrogen-bond acceptors (Lipinski definition) is 4. The molecule has 0 aliphatic heterocycles. The molecule has 0 bridgehead atoms. The second-order valence-electron chi connectivity index (χ2n) is 2.88. The summed E-state index contributed by atoms with van der Waals surface area (Å²) < 4.78 is 15.5. The molecule has 4 heteroatoms. The summed E-state index contributed by atoms with van der Waals surface area (Å²) in [6.07, 6.45) is -0.603. The second-order valence-corrected chi connectivity index (χ2v) is 2.88. The molecule has 0 aromatic heterocycles.